The fraction of sp³-hybridized carbons (Fsp3) is 0.786. The van der Waals surface area contributed by atoms with Gasteiger partial charge in [0.2, 0.25) is 0 Å². The molecule has 0 aromatic rings. The largest absolute Gasteiger partial charge is 0.480 e. The van der Waals surface area contributed by atoms with E-state index < -0.39 is 51.1 Å². The van der Waals surface area contributed by atoms with Gasteiger partial charge >= 0.3 is 25.7 Å². The van der Waals surface area contributed by atoms with E-state index in [2.05, 4.69) is 54.8 Å². The van der Waals surface area contributed by atoms with Crippen LogP contribution in [0.2, 0.25) is 0 Å². The van der Waals surface area contributed by atoms with E-state index in [1.807, 2.05) is 0 Å². The second-order valence-corrected chi connectivity index (χ2v) is 15.6. The van der Waals surface area contributed by atoms with Gasteiger partial charge in [0.25, 0.3) is 0 Å². The SMILES string of the molecule is CCCCC/C=C/C/C=C/CCCCCCCC(=O)O[C@H](COC(=O)CCCC/C=C/CCCCCCCCCCC)COP(=O)(O)OC[C@H](N)C(=O)O. The van der Waals surface area contributed by atoms with Crippen molar-refractivity contribution in [3.05, 3.63) is 36.5 Å². The molecule has 12 heteroatoms. The molecule has 0 spiro atoms. The van der Waals surface area contributed by atoms with Crippen molar-refractivity contribution in [1.82, 2.24) is 0 Å². The van der Waals surface area contributed by atoms with Crippen LogP contribution in [0.25, 0.3) is 0 Å². The highest BCUT2D eigenvalue weighted by Gasteiger charge is 2.28. The average molecular weight is 786 g/mol. The minimum Gasteiger partial charge on any atom is -0.480 e. The van der Waals surface area contributed by atoms with Gasteiger partial charge in [-0.1, -0.05) is 134 Å². The van der Waals surface area contributed by atoms with Crippen molar-refractivity contribution in [2.45, 2.75) is 193 Å². The molecular formula is C42H76NO10P. The molecule has 0 radical (unpaired) electrons. The molecule has 54 heavy (non-hydrogen) atoms. The maximum atomic E-state index is 12.6. The van der Waals surface area contributed by atoms with E-state index in [1.54, 1.807) is 0 Å². The number of ether oxygens (including phenoxy) is 2. The van der Waals surface area contributed by atoms with Gasteiger partial charge in [0, 0.05) is 12.8 Å². The first kappa shape index (κ1) is 51.7. The van der Waals surface area contributed by atoms with Gasteiger partial charge in [-0.2, -0.15) is 0 Å². The van der Waals surface area contributed by atoms with Crippen LogP contribution >= 0.6 is 7.82 Å². The maximum absolute atomic E-state index is 12.6. The Morgan fingerprint density at radius 1 is 0.574 bits per heavy atom. The predicted octanol–water partition coefficient (Wildman–Crippen LogP) is 10.8. The molecule has 314 valence electrons. The van der Waals surface area contributed by atoms with Gasteiger partial charge < -0.3 is 25.2 Å². The molecule has 3 atom stereocenters. The zero-order chi connectivity index (χ0) is 40.0. The van der Waals surface area contributed by atoms with E-state index in [-0.39, 0.29) is 19.4 Å². The van der Waals surface area contributed by atoms with E-state index in [9.17, 15) is 23.8 Å². The van der Waals surface area contributed by atoms with Gasteiger partial charge in [-0.15, -0.1) is 0 Å². The topological polar surface area (TPSA) is 172 Å². The van der Waals surface area contributed by atoms with Crippen molar-refractivity contribution in [1.29, 1.82) is 0 Å². The van der Waals surface area contributed by atoms with Crippen LogP contribution in [0.4, 0.5) is 0 Å². The van der Waals surface area contributed by atoms with Crippen molar-refractivity contribution in [2.75, 3.05) is 19.8 Å². The second kappa shape index (κ2) is 37.6. The van der Waals surface area contributed by atoms with Gasteiger partial charge in [0.15, 0.2) is 6.10 Å². The minimum atomic E-state index is -4.72. The number of hydrogen-bond donors (Lipinski definition) is 3. The molecule has 0 bridgehead atoms. The van der Waals surface area contributed by atoms with Crippen LogP contribution in [0, 0.1) is 0 Å². The Hall–Kier alpha value is -2.30. The van der Waals surface area contributed by atoms with Crippen LogP contribution in [0.1, 0.15) is 181 Å². The zero-order valence-corrected chi connectivity index (χ0v) is 34.7. The summed E-state index contributed by atoms with van der Waals surface area (Å²) < 4.78 is 32.6. The molecular weight excluding hydrogens is 709 g/mol. The second-order valence-electron chi connectivity index (χ2n) is 14.1. The number of carboxylic acids is 1. The summed E-state index contributed by atoms with van der Waals surface area (Å²) >= 11 is 0. The first-order valence-corrected chi connectivity index (χ1v) is 22.5. The summed E-state index contributed by atoms with van der Waals surface area (Å²) in [5.41, 5.74) is 5.32. The van der Waals surface area contributed by atoms with E-state index in [0.717, 1.165) is 64.2 Å². The third kappa shape index (κ3) is 36.7. The summed E-state index contributed by atoms with van der Waals surface area (Å²) in [5.74, 6) is -2.42. The lowest BCUT2D eigenvalue weighted by molar-refractivity contribution is -0.161. The number of carboxylic acid groups (broad SMARTS) is 1. The predicted molar refractivity (Wildman–Crippen MR) is 217 cm³/mol. The number of carbonyl (C=O) groups is 3. The van der Waals surface area contributed by atoms with Gasteiger partial charge in [-0.05, 0) is 70.6 Å². The zero-order valence-electron chi connectivity index (χ0n) is 33.8. The van der Waals surface area contributed by atoms with E-state index in [0.29, 0.717) is 12.8 Å². The highest BCUT2D eigenvalue weighted by Crippen LogP contribution is 2.43. The monoisotopic (exact) mass is 786 g/mol. The molecule has 0 saturated heterocycles. The molecule has 0 heterocycles. The number of allylic oxidation sites excluding steroid dienone is 6. The molecule has 4 N–H and O–H groups in total. The number of aliphatic carboxylic acids is 1. The lowest BCUT2D eigenvalue weighted by atomic mass is 10.1. The van der Waals surface area contributed by atoms with Crippen molar-refractivity contribution < 1.29 is 47.5 Å². The highest BCUT2D eigenvalue weighted by molar-refractivity contribution is 7.47. The number of rotatable bonds is 39. The summed E-state index contributed by atoms with van der Waals surface area (Å²) in [5, 5.41) is 8.87. The van der Waals surface area contributed by atoms with E-state index in [1.165, 1.54) is 77.0 Å². The Morgan fingerprint density at radius 3 is 1.54 bits per heavy atom. The number of phosphoric acid groups is 1. The number of esters is 2. The Kier molecular flexibility index (Phi) is 36.0. The molecule has 1 unspecified atom stereocenters. The lowest BCUT2D eigenvalue weighted by Gasteiger charge is -2.20. The Balaban J connectivity index is 4.44. The van der Waals surface area contributed by atoms with Gasteiger partial charge in [-0.25, -0.2) is 4.57 Å². The molecule has 0 rings (SSSR count). The molecule has 0 fully saturated rings. The molecule has 0 aromatic carbocycles. The van der Waals surface area contributed by atoms with Crippen molar-refractivity contribution in [3.8, 4) is 0 Å². The number of unbranched alkanes of at least 4 members (excludes halogenated alkanes) is 19. The van der Waals surface area contributed by atoms with Crippen LogP contribution in [-0.4, -0.2) is 59.9 Å². The molecule has 0 aromatic heterocycles. The lowest BCUT2D eigenvalue weighted by Crippen LogP contribution is -2.34. The minimum absolute atomic E-state index is 0.141. The fourth-order valence-corrected chi connectivity index (χ4v) is 6.28. The van der Waals surface area contributed by atoms with Gasteiger partial charge in [-0.3, -0.25) is 23.4 Å². The number of phosphoric ester groups is 1. The first-order valence-electron chi connectivity index (χ1n) is 21.0. The van der Waals surface area contributed by atoms with Crippen LogP contribution in [0.3, 0.4) is 0 Å². The van der Waals surface area contributed by atoms with E-state index in [4.69, 9.17) is 24.8 Å². The molecule has 0 aliphatic rings. The normalized spacial score (nSPS) is 14.1. The third-order valence-corrected chi connectivity index (χ3v) is 9.81. The third-order valence-electron chi connectivity index (χ3n) is 8.86. The molecule has 0 aliphatic heterocycles. The van der Waals surface area contributed by atoms with Crippen LogP contribution in [0.15, 0.2) is 36.5 Å². The number of hydrogen-bond acceptors (Lipinski definition) is 9. The Labute approximate surface area is 327 Å². The average Bonchev–Trinajstić information content (AvgIpc) is 3.14. The van der Waals surface area contributed by atoms with Crippen LogP contribution < -0.4 is 5.73 Å². The van der Waals surface area contributed by atoms with Crippen LogP contribution in [-0.2, 0) is 37.5 Å². The molecule has 11 nitrogen and oxygen atoms in total. The summed E-state index contributed by atoms with van der Waals surface area (Å²) in [7, 11) is -4.72. The molecule has 0 aliphatic carbocycles. The van der Waals surface area contributed by atoms with Crippen molar-refractivity contribution in [2.24, 2.45) is 5.73 Å². The van der Waals surface area contributed by atoms with Gasteiger partial charge in [0.1, 0.15) is 12.6 Å². The number of carbonyl (C=O) groups excluding carboxylic acids is 2. The van der Waals surface area contributed by atoms with Crippen molar-refractivity contribution >= 4 is 25.7 Å². The van der Waals surface area contributed by atoms with E-state index >= 15 is 0 Å². The highest BCUT2D eigenvalue weighted by atomic mass is 31.2. The summed E-state index contributed by atoms with van der Waals surface area (Å²) in [6.07, 6.45) is 39.2. The Bertz CT molecular complexity index is 1060. The quantitative estimate of drug-likeness (QED) is 0.0234. The summed E-state index contributed by atoms with van der Waals surface area (Å²) in [6, 6.07) is -1.53. The Morgan fingerprint density at radius 2 is 0.981 bits per heavy atom. The number of nitrogens with two attached hydrogens (primary N) is 1. The smallest absolute Gasteiger partial charge is 0.472 e. The first-order chi connectivity index (χ1) is 26.1. The molecule has 0 amide bonds. The molecule has 0 saturated carbocycles. The summed E-state index contributed by atoms with van der Waals surface area (Å²) in [4.78, 5) is 45.9. The van der Waals surface area contributed by atoms with Crippen LogP contribution in [0.5, 0.6) is 0 Å². The van der Waals surface area contributed by atoms with Gasteiger partial charge in [0.05, 0.1) is 13.2 Å². The fourth-order valence-electron chi connectivity index (χ4n) is 5.50. The maximum Gasteiger partial charge on any atom is 0.472 e. The standard InChI is InChI=1S/C42H76NO10P/c1-3-5-7-9-11-13-15-17-19-21-23-25-27-29-31-33-40(44)50-35-38(36-51-54(48,49)52-37-39(43)42(46)47)53-41(45)34-32-30-28-26-24-22-20-18-16-14-12-10-8-6-4-2/h12,14,18,20,23,25,38-39H,3-11,13,15-17,19,21-22,24,26-37,43H2,1-2H3,(H,46,47)(H,48,49)/b14-12+,20-18+,25-23+/t38-,39+/m1/s1. The van der Waals surface area contributed by atoms with Crippen molar-refractivity contribution in [3.63, 3.8) is 0 Å². The summed E-state index contributed by atoms with van der Waals surface area (Å²) in [6.45, 7) is 2.73.